The van der Waals surface area contributed by atoms with Crippen molar-refractivity contribution in [1.82, 2.24) is 4.90 Å². The summed E-state index contributed by atoms with van der Waals surface area (Å²) >= 11 is 0. The van der Waals surface area contributed by atoms with E-state index in [0.29, 0.717) is 67.2 Å². The van der Waals surface area contributed by atoms with Crippen LogP contribution in [0.5, 0.6) is 0 Å². The molecule has 310 valence electrons. The standard InChI is InChI=1S/C46H58N4O8/c1-7-9-11-13-15-41(47-57-33(3)51)43(53)35-17-23-38(24-18-35)50(40-27-21-37(22-28-40)45(55)46(5,6)49-29-31-56-32-30-49)39-25-19-36(20-26-39)44(54)42(48-58-34(4)52)16-14-12-10-8-2/h17-28H,7-16,29-32H2,1-6H3/b47-41+,48-42+. The monoisotopic (exact) mass is 794 g/mol. The molecule has 3 aromatic rings. The number of oxime groups is 2. The Balaban J connectivity index is 1.69. The van der Waals surface area contributed by atoms with Gasteiger partial charge in [-0.3, -0.25) is 19.3 Å². The van der Waals surface area contributed by atoms with Gasteiger partial charge in [-0.25, -0.2) is 9.59 Å². The Bertz CT molecular complexity index is 1810. The van der Waals surface area contributed by atoms with Gasteiger partial charge in [-0.05, 0) is 112 Å². The Kier molecular flexibility index (Phi) is 17.7. The molecule has 1 aliphatic heterocycles. The number of hydrogen-bond acceptors (Lipinski definition) is 12. The maximum absolute atomic E-state index is 13.8. The van der Waals surface area contributed by atoms with E-state index < -0.39 is 17.5 Å². The first kappa shape index (κ1) is 45.4. The molecule has 0 spiro atoms. The van der Waals surface area contributed by atoms with Crippen molar-refractivity contribution in [3.8, 4) is 0 Å². The number of hydrogen-bond donors (Lipinski definition) is 0. The van der Waals surface area contributed by atoms with Crippen LogP contribution in [0.15, 0.2) is 83.1 Å². The van der Waals surface area contributed by atoms with E-state index in [1.165, 1.54) is 13.8 Å². The van der Waals surface area contributed by atoms with Crippen molar-refractivity contribution in [3.63, 3.8) is 0 Å². The zero-order valence-corrected chi connectivity index (χ0v) is 34.9. The predicted molar refractivity (Wildman–Crippen MR) is 227 cm³/mol. The molecule has 1 fully saturated rings. The van der Waals surface area contributed by atoms with Crippen molar-refractivity contribution in [1.29, 1.82) is 0 Å². The lowest BCUT2D eigenvalue weighted by atomic mass is 9.90. The molecule has 0 unspecified atom stereocenters. The maximum Gasteiger partial charge on any atom is 0.331 e. The Morgan fingerprint density at radius 1 is 0.603 bits per heavy atom. The third-order valence-corrected chi connectivity index (χ3v) is 10.1. The molecule has 0 radical (unpaired) electrons. The Morgan fingerprint density at radius 2 is 0.983 bits per heavy atom. The van der Waals surface area contributed by atoms with Crippen molar-refractivity contribution in [2.24, 2.45) is 10.3 Å². The van der Waals surface area contributed by atoms with Crippen LogP contribution in [0.4, 0.5) is 17.1 Å². The smallest absolute Gasteiger partial charge is 0.331 e. The van der Waals surface area contributed by atoms with Crippen LogP contribution in [0, 0.1) is 0 Å². The largest absolute Gasteiger partial charge is 0.379 e. The number of carbonyl (C=O) groups is 5. The zero-order chi connectivity index (χ0) is 42.1. The summed E-state index contributed by atoms with van der Waals surface area (Å²) in [6.07, 6.45) is 8.22. The highest BCUT2D eigenvalue weighted by Crippen LogP contribution is 2.36. The quantitative estimate of drug-likeness (QED) is 0.0317. The lowest BCUT2D eigenvalue weighted by Crippen LogP contribution is -2.54. The summed E-state index contributed by atoms with van der Waals surface area (Å²) in [5, 5.41) is 7.82. The minimum absolute atomic E-state index is 0.0000563. The molecule has 0 aliphatic carbocycles. The van der Waals surface area contributed by atoms with E-state index >= 15 is 0 Å². The lowest BCUT2D eigenvalue weighted by Gasteiger charge is -2.39. The zero-order valence-electron chi connectivity index (χ0n) is 34.9. The van der Waals surface area contributed by atoms with Crippen molar-refractivity contribution < 1.29 is 38.4 Å². The molecule has 0 atom stereocenters. The molecular weight excluding hydrogens is 737 g/mol. The summed E-state index contributed by atoms with van der Waals surface area (Å²) in [6, 6.07) is 21.5. The van der Waals surface area contributed by atoms with Gasteiger partial charge >= 0.3 is 11.9 Å². The highest BCUT2D eigenvalue weighted by molar-refractivity contribution is 6.46. The first-order valence-corrected chi connectivity index (χ1v) is 20.4. The van der Waals surface area contributed by atoms with E-state index in [4.69, 9.17) is 14.4 Å². The van der Waals surface area contributed by atoms with Crippen LogP contribution in [0.25, 0.3) is 0 Å². The van der Waals surface area contributed by atoms with Crippen molar-refractivity contribution in [2.75, 3.05) is 31.2 Å². The number of nitrogens with zero attached hydrogens (tertiary/aromatic N) is 4. The van der Waals surface area contributed by atoms with Gasteiger partial charge in [0.1, 0.15) is 11.4 Å². The average molecular weight is 795 g/mol. The summed E-state index contributed by atoms with van der Waals surface area (Å²) < 4.78 is 5.51. The second-order valence-corrected chi connectivity index (χ2v) is 15.0. The molecule has 0 amide bonds. The normalized spacial score (nSPS) is 13.8. The summed E-state index contributed by atoms with van der Waals surface area (Å²) in [4.78, 5) is 78.1. The fourth-order valence-electron chi connectivity index (χ4n) is 6.76. The minimum atomic E-state index is -0.725. The van der Waals surface area contributed by atoms with Gasteiger partial charge in [0.25, 0.3) is 0 Å². The number of ketones is 3. The molecule has 3 aromatic carbocycles. The third-order valence-electron chi connectivity index (χ3n) is 10.1. The molecule has 0 bridgehead atoms. The maximum atomic E-state index is 13.8. The topological polar surface area (TPSA) is 144 Å². The van der Waals surface area contributed by atoms with Crippen LogP contribution in [-0.2, 0) is 24.0 Å². The second-order valence-electron chi connectivity index (χ2n) is 15.0. The lowest BCUT2D eigenvalue weighted by molar-refractivity contribution is -0.141. The molecule has 12 heteroatoms. The summed E-state index contributed by atoms with van der Waals surface area (Å²) in [6.45, 7) is 13.1. The summed E-state index contributed by atoms with van der Waals surface area (Å²) in [5.41, 5.74) is 3.12. The number of unbranched alkanes of at least 4 members (excludes halogenated alkanes) is 6. The van der Waals surface area contributed by atoms with Crippen LogP contribution < -0.4 is 4.90 Å². The number of Topliss-reactive ketones (excluding diaryl/α,β-unsaturated/α-hetero) is 3. The van der Waals surface area contributed by atoms with E-state index in [2.05, 4.69) is 29.1 Å². The number of anilines is 3. The third kappa shape index (κ3) is 12.8. The van der Waals surface area contributed by atoms with Gasteiger partial charge in [0.05, 0.1) is 18.8 Å². The first-order chi connectivity index (χ1) is 27.9. The molecule has 1 heterocycles. The van der Waals surface area contributed by atoms with Gasteiger partial charge < -0.3 is 19.3 Å². The van der Waals surface area contributed by atoms with Crippen LogP contribution in [-0.4, -0.2) is 77.5 Å². The molecule has 0 aromatic heterocycles. The van der Waals surface area contributed by atoms with E-state index in [0.717, 1.165) is 57.1 Å². The number of morpholine rings is 1. The molecule has 4 rings (SSSR count). The molecule has 58 heavy (non-hydrogen) atoms. The van der Waals surface area contributed by atoms with Crippen molar-refractivity contribution >= 4 is 57.8 Å². The first-order valence-electron chi connectivity index (χ1n) is 20.4. The van der Waals surface area contributed by atoms with Gasteiger partial charge in [-0.15, -0.1) is 0 Å². The average Bonchev–Trinajstić information content (AvgIpc) is 3.23. The highest BCUT2D eigenvalue weighted by Gasteiger charge is 2.36. The number of carbonyl (C=O) groups excluding carboxylic acids is 5. The van der Waals surface area contributed by atoms with Crippen molar-refractivity contribution in [3.05, 3.63) is 89.5 Å². The fourth-order valence-corrected chi connectivity index (χ4v) is 6.76. The molecular formula is C46H58N4O8. The second kappa shape index (κ2) is 22.6. The van der Waals surface area contributed by atoms with E-state index in [1.807, 2.05) is 67.3 Å². The minimum Gasteiger partial charge on any atom is -0.379 e. The Hall–Kier alpha value is -5.33. The van der Waals surface area contributed by atoms with Gasteiger partial charge in [0.15, 0.2) is 5.78 Å². The summed E-state index contributed by atoms with van der Waals surface area (Å²) in [7, 11) is 0. The van der Waals surface area contributed by atoms with Crippen LogP contribution in [0.3, 0.4) is 0 Å². The Morgan fingerprint density at radius 3 is 1.34 bits per heavy atom. The van der Waals surface area contributed by atoms with Crippen LogP contribution in [0.1, 0.15) is 137 Å². The van der Waals surface area contributed by atoms with Crippen LogP contribution >= 0.6 is 0 Å². The van der Waals surface area contributed by atoms with Crippen molar-refractivity contribution in [2.45, 2.75) is 111 Å². The fraction of sp³-hybridized carbons (Fsp3) is 0.457. The van der Waals surface area contributed by atoms with E-state index in [9.17, 15) is 24.0 Å². The SMILES string of the molecule is CCCCCC/C(=N\OC(C)=O)C(=O)c1ccc(N(c2ccc(C(=O)/C(CCCCCC)=N/OC(C)=O)cc2)c2ccc(C(=O)C(C)(C)N3CCOCC3)cc2)cc1. The highest BCUT2D eigenvalue weighted by atomic mass is 16.7. The van der Waals surface area contributed by atoms with E-state index in [1.54, 1.807) is 24.3 Å². The van der Waals surface area contributed by atoms with Crippen LogP contribution in [0.2, 0.25) is 0 Å². The molecule has 1 saturated heterocycles. The number of rotatable bonds is 22. The molecule has 0 N–H and O–H groups in total. The summed E-state index contributed by atoms with van der Waals surface area (Å²) in [5.74, 6) is -1.86. The van der Waals surface area contributed by atoms with Gasteiger partial charge in [0.2, 0.25) is 11.6 Å². The molecule has 12 nitrogen and oxygen atoms in total. The number of benzene rings is 3. The molecule has 1 aliphatic rings. The van der Waals surface area contributed by atoms with Gasteiger partial charge in [-0.2, -0.15) is 0 Å². The predicted octanol–water partition coefficient (Wildman–Crippen LogP) is 9.59. The van der Waals surface area contributed by atoms with Gasteiger partial charge in [-0.1, -0.05) is 62.7 Å². The molecule has 0 saturated carbocycles. The Labute approximate surface area is 342 Å². The number of ether oxygens (including phenoxy) is 1. The van der Waals surface area contributed by atoms with E-state index in [-0.39, 0.29) is 28.8 Å². The van der Waals surface area contributed by atoms with Gasteiger partial charge in [0, 0.05) is 60.7 Å².